The van der Waals surface area contributed by atoms with E-state index >= 15 is 0 Å². The molecule has 1 aliphatic rings. The number of benzene rings is 1. The summed E-state index contributed by atoms with van der Waals surface area (Å²) in [4.78, 5) is 45.9. The van der Waals surface area contributed by atoms with E-state index in [1.54, 1.807) is 48.1 Å². The van der Waals surface area contributed by atoms with E-state index in [9.17, 15) is 14.4 Å². The number of anilines is 1. The van der Waals surface area contributed by atoms with Gasteiger partial charge in [-0.25, -0.2) is 4.79 Å². The highest BCUT2D eigenvalue weighted by Crippen LogP contribution is 2.23. The number of ketones is 1. The lowest BCUT2D eigenvalue weighted by molar-refractivity contribution is 0.0969. The molecule has 9 nitrogen and oxygen atoms in total. The number of nitrogens with zero attached hydrogens (tertiary/aromatic N) is 5. The van der Waals surface area contributed by atoms with E-state index in [0.29, 0.717) is 23.7 Å². The lowest BCUT2D eigenvalue weighted by atomic mass is 10.1. The minimum atomic E-state index is -0.571. The van der Waals surface area contributed by atoms with Gasteiger partial charge in [0.25, 0.3) is 5.56 Å². The highest BCUT2D eigenvalue weighted by molar-refractivity contribution is 5.96. The summed E-state index contributed by atoms with van der Waals surface area (Å²) in [5, 5.41) is 0. The van der Waals surface area contributed by atoms with Crippen LogP contribution in [0.2, 0.25) is 0 Å². The molecule has 1 fully saturated rings. The normalized spacial score (nSPS) is 16.8. The Labute approximate surface area is 185 Å². The first-order chi connectivity index (χ1) is 15.4. The molecule has 1 unspecified atom stereocenters. The van der Waals surface area contributed by atoms with Gasteiger partial charge in [-0.1, -0.05) is 43.3 Å². The van der Waals surface area contributed by atoms with Crippen molar-refractivity contribution in [2.45, 2.75) is 38.8 Å². The van der Waals surface area contributed by atoms with Crippen LogP contribution in [0.3, 0.4) is 0 Å². The number of nitrogens with two attached hydrogens (primary N) is 1. The Morgan fingerprint density at radius 1 is 1.25 bits per heavy atom. The van der Waals surface area contributed by atoms with Crippen LogP contribution in [-0.2, 0) is 13.6 Å². The van der Waals surface area contributed by atoms with Crippen molar-refractivity contribution in [3.63, 3.8) is 0 Å². The lowest BCUT2D eigenvalue weighted by Gasteiger charge is -2.31. The van der Waals surface area contributed by atoms with Crippen LogP contribution in [0.15, 0.2) is 46.0 Å². The van der Waals surface area contributed by atoms with Gasteiger partial charge < -0.3 is 10.6 Å². The van der Waals surface area contributed by atoms with Gasteiger partial charge in [0.05, 0.1) is 6.54 Å². The molecule has 3 heterocycles. The third-order valence-corrected chi connectivity index (χ3v) is 5.79. The molecular weight excluding hydrogens is 408 g/mol. The zero-order valence-corrected chi connectivity index (χ0v) is 18.4. The highest BCUT2D eigenvalue weighted by Gasteiger charge is 2.26. The van der Waals surface area contributed by atoms with Gasteiger partial charge in [0.1, 0.15) is 0 Å². The molecule has 168 valence electrons. The molecule has 9 heteroatoms. The summed E-state index contributed by atoms with van der Waals surface area (Å²) in [5.41, 5.74) is 6.07. The minimum absolute atomic E-state index is 0.0242. The van der Waals surface area contributed by atoms with Crippen molar-refractivity contribution in [1.82, 2.24) is 18.7 Å². The molecule has 0 bridgehead atoms. The summed E-state index contributed by atoms with van der Waals surface area (Å²) in [6.07, 6.45) is 6.37. The number of fused-ring (bicyclic) bond motifs is 1. The number of piperidine rings is 1. The third-order valence-electron chi connectivity index (χ3n) is 5.79. The first kappa shape index (κ1) is 21.8. The smallest absolute Gasteiger partial charge is 0.332 e. The van der Waals surface area contributed by atoms with Crippen molar-refractivity contribution in [3.05, 3.63) is 62.8 Å². The average Bonchev–Trinajstić information content (AvgIpc) is 3.19. The van der Waals surface area contributed by atoms with E-state index in [0.717, 1.165) is 30.4 Å². The maximum Gasteiger partial charge on any atom is 0.332 e. The maximum absolute atomic E-state index is 13.5. The minimum Gasteiger partial charge on any atom is -0.340 e. The zero-order chi connectivity index (χ0) is 22.8. The fourth-order valence-corrected chi connectivity index (χ4v) is 4.09. The van der Waals surface area contributed by atoms with Gasteiger partial charge in [-0.05, 0) is 19.3 Å². The topological polar surface area (TPSA) is 108 Å². The molecule has 0 radical (unpaired) electrons. The van der Waals surface area contributed by atoms with Gasteiger partial charge in [-0.15, -0.1) is 0 Å². The molecule has 32 heavy (non-hydrogen) atoms. The monoisotopic (exact) mass is 436 g/mol. The number of carbonyl (C=O) groups excluding carboxylic acids is 1. The summed E-state index contributed by atoms with van der Waals surface area (Å²) in [5.74, 6) is 0.278. The Morgan fingerprint density at radius 3 is 2.69 bits per heavy atom. The van der Waals surface area contributed by atoms with Gasteiger partial charge >= 0.3 is 5.69 Å². The van der Waals surface area contributed by atoms with Crippen LogP contribution >= 0.6 is 0 Å². The second kappa shape index (κ2) is 8.96. The average molecular weight is 437 g/mol. The molecule has 4 rings (SSSR count). The van der Waals surface area contributed by atoms with E-state index in [-0.39, 0.29) is 23.9 Å². The van der Waals surface area contributed by atoms with Crippen LogP contribution in [-0.4, -0.2) is 43.6 Å². The summed E-state index contributed by atoms with van der Waals surface area (Å²) in [6.45, 7) is 3.06. The van der Waals surface area contributed by atoms with E-state index in [2.05, 4.69) is 9.88 Å². The molecule has 0 spiro atoms. The van der Waals surface area contributed by atoms with Gasteiger partial charge in [-0.3, -0.25) is 23.3 Å². The zero-order valence-electron chi connectivity index (χ0n) is 18.4. The van der Waals surface area contributed by atoms with Crippen molar-refractivity contribution in [2.24, 2.45) is 12.8 Å². The van der Waals surface area contributed by atoms with E-state index < -0.39 is 11.2 Å². The second-order valence-corrected chi connectivity index (χ2v) is 8.12. The number of carbonyl (C=O) groups is 1. The number of hydrogen-bond donors (Lipinski definition) is 1. The summed E-state index contributed by atoms with van der Waals surface area (Å²) >= 11 is 0. The van der Waals surface area contributed by atoms with Crippen molar-refractivity contribution in [3.8, 4) is 0 Å². The molecule has 2 N–H and O–H groups in total. The van der Waals surface area contributed by atoms with Crippen molar-refractivity contribution >= 4 is 29.1 Å². The molecule has 0 saturated carbocycles. The Balaban J connectivity index is 1.89. The van der Waals surface area contributed by atoms with Gasteiger partial charge in [0.2, 0.25) is 5.95 Å². The van der Waals surface area contributed by atoms with Crippen LogP contribution in [0.25, 0.3) is 17.4 Å². The number of Topliss-reactive ketones (excluding diaryl/α,β-unsaturated/α-hetero) is 1. The fraction of sp³-hybridized carbons (Fsp3) is 0.391. The maximum atomic E-state index is 13.5. The number of allylic oxidation sites excluding steroid dienone is 1. The summed E-state index contributed by atoms with van der Waals surface area (Å²) < 4.78 is 4.04. The standard InChI is InChI=1S/C23H28N6O3/c1-3-4-13-28-19-20(25-22(28)27-12-8-11-17(24)14-27)26(2)23(32)29(21(19)31)15-18(30)16-9-6-5-7-10-16/h4-7,9-10,13,17H,3,8,11-12,14-15,24H2,1-2H3/b13-4+. The largest absolute Gasteiger partial charge is 0.340 e. The number of rotatable bonds is 6. The van der Waals surface area contributed by atoms with Crippen molar-refractivity contribution in [1.29, 1.82) is 0 Å². The molecule has 2 aromatic heterocycles. The molecule has 1 saturated heterocycles. The SMILES string of the molecule is CC/C=C/n1c(N2CCCC(N)C2)nc2c1c(=O)n(CC(=O)c1ccccc1)c(=O)n2C. The summed E-state index contributed by atoms with van der Waals surface area (Å²) in [6, 6.07) is 8.66. The Hall–Kier alpha value is -3.46. The van der Waals surface area contributed by atoms with Crippen LogP contribution in [0.1, 0.15) is 36.5 Å². The third kappa shape index (κ3) is 3.91. The fourth-order valence-electron chi connectivity index (χ4n) is 4.09. The molecule has 1 aliphatic heterocycles. The first-order valence-corrected chi connectivity index (χ1v) is 10.9. The van der Waals surface area contributed by atoms with Crippen molar-refractivity contribution < 1.29 is 4.79 Å². The van der Waals surface area contributed by atoms with E-state index in [1.807, 2.05) is 13.0 Å². The quantitative estimate of drug-likeness (QED) is 0.588. The summed E-state index contributed by atoms with van der Waals surface area (Å²) in [7, 11) is 1.57. The molecule has 0 amide bonds. The predicted octanol–water partition coefficient (Wildman–Crippen LogP) is 1.59. The second-order valence-electron chi connectivity index (χ2n) is 8.12. The molecule has 3 aromatic rings. The molecule has 1 aromatic carbocycles. The Morgan fingerprint density at radius 2 is 2.00 bits per heavy atom. The number of hydrogen-bond acceptors (Lipinski definition) is 6. The molecular formula is C23H28N6O3. The Kier molecular flexibility index (Phi) is 6.09. The van der Waals surface area contributed by atoms with Crippen LogP contribution in [0.4, 0.5) is 5.95 Å². The van der Waals surface area contributed by atoms with Crippen LogP contribution in [0.5, 0.6) is 0 Å². The first-order valence-electron chi connectivity index (χ1n) is 10.9. The van der Waals surface area contributed by atoms with Gasteiger partial charge in [0, 0.05) is 37.9 Å². The van der Waals surface area contributed by atoms with E-state index in [4.69, 9.17) is 5.73 Å². The molecule has 1 atom stereocenters. The molecule has 0 aliphatic carbocycles. The van der Waals surface area contributed by atoms with Crippen LogP contribution < -0.4 is 21.9 Å². The number of aryl methyl sites for hydroxylation is 1. The van der Waals surface area contributed by atoms with E-state index in [1.165, 1.54) is 4.57 Å². The Bertz CT molecular complexity index is 1290. The predicted molar refractivity (Wildman–Crippen MR) is 125 cm³/mol. The highest BCUT2D eigenvalue weighted by atomic mass is 16.2. The van der Waals surface area contributed by atoms with Gasteiger partial charge in [0.15, 0.2) is 16.9 Å². The van der Waals surface area contributed by atoms with Crippen molar-refractivity contribution in [2.75, 3.05) is 18.0 Å². The van der Waals surface area contributed by atoms with Crippen LogP contribution in [0, 0.1) is 0 Å². The number of imidazole rings is 1. The lowest BCUT2D eigenvalue weighted by Crippen LogP contribution is -2.43. The number of aromatic nitrogens is 4. The van der Waals surface area contributed by atoms with Gasteiger partial charge in [-0.2, -0.15) is 4.98 Å².